The zero-order valence-electron chi connectivity index (χ0n) is 53.1. The molecule has 0 radical (unpaired) electrons. The van der Waals surface area contributed by atoms with Gasteiger partial charge in [-0.05, 0) is 89.9 Å². The Morgan fingerprint density at radius 2 is 0.633 bits per heavy atom. The zero-order valence-corrected chi connectivity index (χ0v) is 53.1. The normalized spacial score (nSPS) is 12.8. The molecule has 2 atom stereocenters. The zero-order chi connectivity index (χ0) is 57.1. The van der Waals surface area contributed by atoms with Gasteiger partial charge in [0.05, 0.1) is 25.4 Å². The summed E-state index contributed by atoms with van der Waals surface area (Å²) in [4.78, 5) is 24.6. The topological polar surface area (TPSA) is 95.9 Å². The van der Waals surface area contributed by atoms with Gasteiger partial charge < -0.3 is 20.3 Å². The summed E-state index contributed by atoms with van der Waals surface area (Å²) in [5.74, 6) is -0.0634. The highest BCUT2D eigenvalue weighted by Gasteiger charge is 2.18. The molecule has 6 nitrogen and oxygen atoms in total. The summed E-state index contributed by atoms with van der Waals surface area (Å²) in [6.07, 6.45) is 89.0. The summed E-state index contributed by atoms with van der Waals surface area (Å²) >= 11 is 0. The fourth-order valence-corrected chi connectivity index (χ4v) is 10.9. The molecular weight excluding hydrogens is 971 g/mol. The number of rotatable bonds is 66. The van der Waals surface area contributed by atoms with Crippen molar-refractivity contribution in [3.8, 4) is 0 Å². The van der Waals surface area contributed by atoms with Crippen molar-refractivity contribution in [1.82, 2.24) is 5.32 Å². The average molecular weight is 1110 g/mol. The number of aliphatic hydroxyl groups excluding tert-OH is 2. The second-order valence-corrected chi connectivity index (χ2v) is 24.2. The van der Waals surface area contributed by atoms with Crippen molar-refractivity contribution < 1.29 is 24.5 Å². The number of allylic oxidation sites excluding steroid dienone is 7. The first kappa shape index (κ1) is 76.8. The third-order valence-corrected chi connectivity index (χ3v) is 16.3. The van der Waals surface area contributed by atoms with Gasteiger partial charge in [-0.3, -0.25) is 9.59 Å². The summed E-state index contributed by atoms with van der Waals surface area (Å²) in [6.45, 7) is 4.91. The number of ether oxygens (including phenoxy) is 1. The lowest BCUT2D eigenvalue weighted by Gasteiger charge is -2.20. The highest BCUT2D eigenvalue weighted by Crippen LogP contribution is 2.18. The molecule has 0 aromatic carbocycles. The average Bonchev–Trinajstić information content (AvgIpc) is 3.45. The van der Waals surface area contributed by atoms with Crippen molar-refractivity contribution in [2.75, 3.05) is 13.2 Å². The van der Waals surface area contributed by atoms with Gasteiger partial charge in [0.15, 0.2) is 0 Å². The van der Waals surface area contributed by atoms with Crippen LogP contribution in [0.4, 0.5) is 0 Å². The molecule has 0 saturated heterocycles. The minimum atomic E-state index is -0.846. The van der Waals surface area contributed by atoms with E-state index in [0.29, 0.717) is 19.4 Å². The van der Waals surface area contributed by atoms with Crippen molar-refractivity contribution in [2.45, 2.75) is 392 Å². The van der Waals surface area contributed by atoms with Crippen molar-refractivity contribution >= 4 is 11.9 Å². The van der Waals surface area contributed by atoms with Gasteiger partial charge in [0, 0.05) is 12.8 Å². The molecule has 0 aromatic heterocycles. The molecule has 0 aliphatic heterocycles. The second-order valence-electron chi connectivity index (χ2n) is 24.2. The van der Waals surface area contributed by atoms with Crippen LogP contribution < -0.4 is 5.32 Å². The Bertz CT molecular complexity index is 1320. The Morgan fingerprint density at radius 1 is 0.354 bits per heavy atom. The largest absolute Gasteiger partial charge is 0.466 e. The van der Waals surface area contributed by atoms with Gasteiger partial charge in [0.2, 0.25) is 5.91 Å². The summed E-state index contributed by atoms with van der Waals surface area (Å²) in [6, 6.07) is -0.629. The van der Waals surface area contributed by atoms with Gasteiger partial charge >= 0.3 is 5.97 Å². The minimum Gasteiger partial charge on any atom is -0.466 e. The van der Waals surface area contributed by atoms with Crippen molar-refractivity contribution in [3.63, 3.8) is 0 Å². The Hall–Kier alpha value is -2.18. The van der Waals surface area contributed by atoms with E-state index in [1.165, 1.54) is 302 Å². The first-order valence-corrected chi connectivity index (χ1v) is 35.4. The Kier molecular flexibility index (Phi) is 66.4. The molecule has 464 valence electrons. The number of carbonyl (C=O) groups excluding carboxylic acids is 2. The maximum absolute atomic E-state index is 12.5. The van der Waals surface area contributed by atoms with Crippen LogP contribution in [0.2, 0.25) is 0 Å². The van der Waals surface area contributed by atoms with Crippen LogP contribution in [0.3, 0.4) is 0 Å². The SMILES string of the molecule is CCCCCC/C=C\C/C=C\CCCCCCCC(=O)OCCCCCCCCCCCCCC/C=C\CCCCCCCCCCCCCCC(=O)NC(CO)C(O)/C=C/CCCCCCCCCCCCCCCCCC. The van der Waals surface area contributed by atoms with Gasteiger partial charge in [0.25, 0.3) is 0 Å². The number of amides is 1. The Morgan fingerprint density at radius 3 is 0.987 bits per heavy atom. The summed E-state index contributed by atoms with van der Waals surface area (Å²) in [5.41, 5.74) is 0. The smallest absolute Gasteiger partial charge is 0.305 e. The van der Waals surface area contributed by atoms with Crippen LogP contribution in [-0.2, 0) is 14.3 Å². The molecule has 0 aromatic rings. The highest BCUT2D eigenvalue weighted by atomic mass is 16.5. The molecule has 0 saturated carbocycles. The molecule has 3 N–H and O–H groups in total. The van der Waals surface area contributed by atoms with E-state index < -0.39 is 12.1 Å². The lowest BCUT2D eigenvalue weighted by Crippen LogP contribution is -2.45. The lowest BCUT2D eigenvalue weighted by molar-refractivity contribution is -0.143. The quantitative estimate of drug-likeness (QED) is 0.0320. The molecule has 2 unspecified atom stereocenters. The molecule has 0 aliphatic rings. The van der Waals surface area contributed by atoms with Crippen LogP contribution >= 0.6 is 0 Å². The molecule has 0 rings (SSSR count). The van der Waals surface area contributed by atoms with E-state index in [1.54, 1.807) is 6.08 Å². The van der Waals surface area contributed by atoms with E-state index in [2.05, 4.69) is 55.6 Å². The van der Waals surface area contributed by atoms with Crippen LogP contribution in [0.15, 0.2) is 48.6 Å². The summed E-state index contributed by atoms with van der Waals surface area (Å²) in [7, 11) is 0. The van der Waals surface area contributed by atoms with E-state index >= 15 is 0 Å². The number of unbranched alkanes of at least 4 members (excludes halogenated alkanes) is 49. The Labute approximate surface area is 493 Å². The van der Waals surface area contributed by atoms with E-state index in [1.807, 2.05) is 6.08 Å². The maximum atomic E-state index is 12.5. The van der Waals surface area contributed by atoms with Gasteiger partial charge in [-0.25, -0.2) is 0 Å². The van der Waals surface area contributed by atoms with Crippen molar-refractivity contribution in [2.24, 2.45) is 0 Å². The third kappa shape index (κ3) is 64.8. The van der Waals surface area contributed by atoms with Gasteiger partial charge in [0.1, 0.15) is 0 Å². The lowest BCUT2D eigenvalue weighted by atomic mass is 10.0. The molecule has 0 fully saturated rings. The van der Waals surface area contributed by atoms with Crippen molar-refractivity contribution in [1.29, 1.82) is 0 Å². The monoisotopic (exact) mass is 1110 g/mol. The predicted molar refractivity (Wildman–Crippen MR) is 347 cm³/mol. The van der Waals surface area contributed by atoms with Crippen LogP contribution in [0, 0.1) is 0 Å². The number of carbonyl (C=O) groups is 2. The maximum Gasteiger partial charge on any atom is 0.305 e. The summed E-state index contributed by atoms with van der Waals surface area (Å²) in [5, 5.41) is 23.2. The van der Waals surface area contributed by atoms with Gasteiger partial charge in [-0.1, -0.05) is 326 Å². The molecule has 0 heterocycles. The predicted octanol–water partition coefficient (Wildman–Crippen LogP) is 22.9. The summed E-state index contributed by atoms with van der Waals surface area (Å²) < 4.78 is 5.49. The number of hydrogen-bond donors (Lipinski definition) is 3. The fourth-order valence-electron chi connectivity index (χ4n) is 10.9. The van der Waals surface area contributed by atoms with E-state index in [-0.39, 0.29) is 18.5 Å². The molecule has 1 amide bonds. The van der Waals surface area contributed by atoms with Crippen molar-refractivity contribution in [3.05, 3.63) is 48.6 Å². The highest BCUT2D eigenvalue weighted by molar-refractivity contribution is 5.76. The molecule has 0 bridgehead atoms. The second kappa shape index (κ2) is 68.3. The van der Waals surface area contributed by atoms with E-state index in [0.717, 1.165) is 51.4 Å². The van der Waals surface area contributed by atoms with Crippen LogP contribution in [0.5, 0.6) is 0 Å². The number of esters is 1. The van der Waals surface area contributed by atoms with E-state index in [4.69, 9.17) is 4.74 Å². The fraction of sp³-hybridized carbons (Fsp3) is 0.863. The Balaban J connectivity index is 3.41. The van der Waals surface area contributed by atoms with E-state index in [9.17, 15) is 19.8 Å². The molecule has 0 aliphatic carbocycles. The molecule has 79 heavy (non-hydrogen) atoms. The molecular formula is C73H137NO5. The standard InChI is InChI=1S/C73H137NO5/c1-3-5-7-9-11-13-15-17-19-21-34-37-41-45-49-53-57-61-65-71(76)70(69-75)74-72(77)66-62-58-54-50-46-42-38-35-32-30-28-26-24-22-23-25-27-29-31-33-36-40-44-48-52-56-60-64-68-79-73(78)67-63-59-55-51-47-43-39-20-18-16-14-12-10-8-6-4-2/h14,16,20,22-23,39,61,65,70-71,75-76H,3-13,15,17-19,21,24-38,40-60,62-64,66-69H2,1-2H3,(H,74,77)/b16-14-,23-22-,39-20-,65-61+. The molecule has 6 heteroatoms. The number of aliphatic hydroxyl groups is 2. The van der Waals surface area contributed by atoms with Gasteiger partial charge in [-0.2, -0.15) is 0 Å². The van der Waals surface area contributed by atoms with Crippen LogP contribution in [0.25, 0.3) is 0 Å². The van der Waals surface area contributed by atoms with Crippen LogP contribution in [0.1, 0.15) is 380 Å². The third-order valence-electron chi connectivity index (χ3n) is 16.3. The minimum absolute atomic E-state index is 0.00211. The number of nitrogens with one attached hydrogen (secondary N) is 1. The molecule has 0 spiro atoms. The van der Waals surface area contributed by atoms with Gasteiger partial charge in [-0.15, -0.1) is 0 Å². The first-order chi connectivity index (χ1) is 39.0. The first-order valence-electron chi connectivity index (χ1n) is 35.4. The number of hydrogen-bond acceptors (Lipinski definition) is 5. The van der Waals surface area contributed by atoms with Crippen LogP contribution in [-0.4, -0.2) is 47.4 Å².